The van der Waals surface area contributed by atoms with Gasteiger partial charge in [-0.2, -0.15) is 0 Å². The summed E-state index contributed by atoms with van der Waals surface area (Å²) in [6.07, 6.45) is 12.1. The van der Waals surface area contributed by atoms with E-state index in [9.17, 15) is 0 Å². The summed E-state index contributed by atoms with van der Waals surface area (Å²) in [5.41, 5.74) is 18.1. The van der Waals surface area contributed by atoms with Crippen LogP contribution in [0.25, 0.3) is 22.8 Å². The van der Waals surface area contributed by atoms with Crippen molar-refractivity contribution in [3.63, 3.8) is 0 Å². The SMILES string of the molecule is Cc1ccc(-c2ccc(C3(c4ccccc4)CC4=CC=C=C4c4cc5c(cc43)CCC=C5)cc2)cc1. The fraction of sp³-hybridized carbons (Fsp3) is 0.139. The van der Waals surface area contributed by atoms with Crippen LogP contribution < -0.4 is 0 Å². The van der Waals surface area contributed by atoms with Crippen LogP contribution in [0, 0.1) is 6.92 Å². The Hall–Kier alpha value is -4.12. The summed E-state index contributed by atoms with van der Waals surface area (Å²) >= 11 is 0. The van der Waals surface area contributed by atoms with Gasteiger partial charge in [0.15, 0.2) is 0 Å². The second kappa shape index (κ2) is 8.23. The summed E-state index contributed by atoms with van der Waals surface area (Å²) in [6.45, 7) is 2.14. The Bertz CT molecular complexity index is 1600. The summed E-state index contributed by atoms with van der Waals surface area (Å²) in [7, 11) is 0. The van der Waals surface area contributed by atoms with Gasteiger partial charge in [0.2, 0.25) is 0 Å². The lowest BCUT2D eigenvalue weighted by Gasteiger charge is -2.42. The quantitative estimate of drug-likeness (QED) is 0.268. The molecule has 0 heterocycles. The molecule has 4 aromatic rings. The second-order valence-electron chi connectivity index (χ2n) is 10.3. The molecule has 1 atom stereocenters. The minimum absolute atomic E-state index is 0.242. The molecule has 0 saturated heterocycles. The lowest BCUT2D eigenvalue weighted by Crippen LogP contribution is -2.34. The molecule has 3 aliphatic rings. The van der Waals surface area contributed by atoms with Crippen molar-refractivity contribution in [1.29, 1.82) is 0 Å². The monoisotopic (exact) mass is 460 g/mol. The minimum Gasteiger partial charge on any atom is -0.112 e. The number of hydrogen-bond donors (Lipinski definition) is 0. The van der Waals surface area contributed by atoms with E-state index in [1.165, 1.54) is 61.2 Å². The summed E-state index contributed by atoms with van der Waals surface area (Å²) in [5.74, 6) is 0. The number of hydrogen-bond acceptors (Lipinski definition) is 0. The Morgan fingerprint density at radius 1 is 0.778 bits per heavy atom. The van der Waals surface area contributed by atoms with E-state index >= 15 is 0 Å². The predicted molar refractivity (Wildman–Crippen MR) is 151 cm³/mol. The smallest absolute Gasteiger partial charge is 0.0498 e. The molecule has 172 valence electrons. The van der Waals surface area contributed by atoms with E-state index in [2.05, 4.69) is 128 Å². The molecule has 36 heavy (non-hydrogen) atoms. The number of allylic oxidation sites excluding steroid dienone is 4. The molecular formula is C36H28. The van der Waals surface area contributed by atoms with Crippen LogP contribution in [0.4, 0.5) is 0 Å². The largest absolute Gasteiger partial charge is 0.112 e. The molecule has 0 heteroatoms. The van der Waals surface area contributed by atoms with Crippen LogP contribution >= 0.6 is 0 Å². The molecule has 0 fully saturated rings. The van der Waals surface area contributed by atoms with Gasteiger partial charge in [-0.1, -0.05) is 103 Å². The van der Waals surface area contributed by atoms with Crippen LogP contribution in [0.5, 0.6) is 0 Å². The van der Waals surface area contributed by atoms with E-state index in [0.29, 0.717) is 0 Å². The van der Waals surface area contributed by atoms with Crippen LogP contribution in [0.15, 0.2) is 121 Å². The van der Waals surface area contributed by atoms with E-state index < -0.39 is 0 Å². The molecule has 7 rings (SSSR count). The maximum absolute atomic E-state index is 3.57. The molecule has 4 aromatic carbocycles. The summed E-state index contributed by atoms with van der Waals surface area (Å²) < 4.78 is 0. The van der Waals surface area contributed by atoms with Crippen molar-refractivity contribution in [2.75, 3.05) is 0 Å². The summed E-state index contributed by atoms with van der Waals surface area (Å²) in [4.78, 5) is 0. The van der Waals surface area contributed by atoms with Gasteiger partial charge in [0, 0.05) is 11.0 Å². The summed E-state index contributed by atoms with van der Waals surface area (Å²) in [6, 6.07) is 34.2. The third-order valence-corrected chi connectivity index (χ3v) is 8.20. The van der Waals surface area contributed by atoms with Gasteiger partial charge in [-0.25, -0.2) is 0 Å². The number of fused-ring (bicyclic) bond motifs is 4. The molecule has 0 aromatic heterocycles. The highest BCUT2D eigenvalue weighted by molar-refractivity contribution is 5.89. The van der Waals surface area contributed by atoms with E-state index in [0.717, 1.165) is 19.3 Å². The van der Waals surface area contributed by atoms with Crippen LogP contribution in [0.3, 0.4) is 0 Å². The van der Waals surface area contributed by atoms with Gasteiger partial charge in [-0.15, -0.1) is 5.73 Å². The Labute approximate surface area is 213 Å². The fourth-order valence-corrected chi connectivity index (χ4v) is 6.32. The fourth-order valence-electron chi connectivity index (χ4n) is 6.32. The van der Waals surface area contributed by atoms with Crippen molar-refractivity contribution in [3.05, 3.63) is 159 Å². The number of aryl methyl sites for hydroxylation is 2. The Balaban J connectivity index is 1.48. The molecule has 3 aliphatic carbocycles. The van der Waals surface area contributed by atoms with Crippen molar-refractivity contribution in [3.8, 4) is 11.1 Å². The van der Waals surface area contributed by atoms with Gasteiger partial charge in [0.25, 0.3) is 0 Å². The first-order valence-corrected chi connectivity index (χ1v) is 13.0. The molecule has 0 spiro atoms. The normalized spacial score (nSPS) is 19.2. The first-order chi connectivity index (χ1) is 17.7. The van der Waals surface area contributed by atoms with Crippen LogP contribution in [-0.2, 0) is 11.8 Å². The lowest BCUT2D eigenvalue weighted by molar-refractivity contribution is 0.604. The van der Waals surface area contributed by atoms with Crippen molar-refractivity contribution in [2.45, 2.75) is 31.6 Å². The lowest BCUT2D eigenvalue weighted by atomic mass is 9.59. The molecule has 1 unspecified atom stereocenters. The van der Waals surface area contributed by atoms with Crippen LogP contribution in [0.1, 0.15) is 51.8 Å². The zero-order chi connectivity index (χ0) is 24.1. The maximum atomic E-state index is 3.57. The zero-order valence-corrected chi connectivity index (χ0v) is 20.6. The molecule has 0 nitrogen and oxygen atoms in total. The standard InChI is InChI=1S/C36H28/c1-25-14-16-26(17-15-25)27-18-20-32(21-19-27)36(31-11-3-2-4-12-31)24-30-10-7-13-33(30)34-22-28-8-5-6-9-29(28)23-35(34)36/h2-5,7-8,10-12,14-23H,6,9,24H2,1H3. The first-order valence-electron chi connectivity index (χ1n) is 13.0. The molecule has 0 saturated carbocycles. The van der Waals surface area contributed by atoms with Gasteiger partial charge in [0.05, 0.1) is 0 Å². The highest BCUT2D eigenvalue weighted by Crippen LogP contribution is 2.54. The third-order valence-electron chi connectivity index (χ3n) is 8.20. The maximum Gasteiger partial charge on any atom is 0.0498 e. The molecule has 0 N–H and O–H groups in total. The van der Waals surface area contributed by atoms with Crippen molar-refractivity contribution < 1.29 is 0 Å². The number of rotatable bonds is 3. The predicted octanol–water partition coefficient (Wildman–Crippen LogP) is 8.84. The van der Waals surface area contributed by atoms with Gasteiger partial charge in [0.1, 0.15) is 0 Å². The highest BCUT2D eigenvalue weighted by atomic mass is 14.5. The van der Waals surface area contributed by atoms with Crippen LogP contribution in [-0.4, -0.2) is 0 Å². The van der Waals surface area contributed by atoms with E-state index in [4.69, 9.17) is 0 Å². The highest BCUT2D eigenvalue weighted by Gasteiger charge is 2.44. The Morgan fingerprint density at radius 2 is 1.50 bits per heavy atom. The van der Waals surface area contributed by atoms with E-state index in [-0.39, 0.29) is 5.41 Å². The van der Waals surface area contributed by atoms with E-state index in [1.54, 1.807) is 0 Å². The van der Waals surface area contributed by atoms with Crippen molar-refractivity contribution in [1.82, 2.24) is 0 Å². The van der Waals surface area contributed by atoms with Gasteiger partial charge in [-0.05, 0) is 94.5 Å². The van der Waals surface area contributed by atoms with Crippen molar-refractivity contribution >= 4 is 11.6 Å². The molecule has 0 bridgehead atoms. The van der Waals surface area contributed by atoms with Crippen molar-refractivity contribution in [2.24, 2.45) is 0 Å². The third kappa shape index (κ3) is 3.23. The molecular weight excluding hydrogens is 432 g/mol. The van der Waals surface area contributed by atoms with Gasteiger partial charge >= 0.3 is 0 Å². The average molecular weight is 461 g/mol. The Kier molecular flexibility index (Phi) is 4.84. The van der Waals surface area contributed by atoms with Gasteiger partial charge in [-0.3, -0.25) is 0 Å². The zero-order valence-electron chi connectivity index (χ0n) is 20.6. The summed E-state index contributed by atoms with van der Waals surface area (Å²) in [5, 5.41) is 0. The molecule has 0 aliphatic heterocycles. The minimum atomic E-state index is -0.242. The average Bonchev–Trinajstić information content (AvgIpc) is 3.41. The van der Waals surface area contributed by atoms with Gasteiger partial charge < -0.3 is 0 Å². The van der Waals surface area contributed by atoms with E-state index in [1.807, 2.05) is 0 Å². The first kappa shape index (κ1) is 21.2. The molecule has 0 amide bonds. The van der Waals surface area contributed by atoms with Crippen LogP contribution in [0.2, 0.25) is 0 Å². The second-order valence-corrected chi connectivity index (χ2v) is 10.3. The topological polar surface area (TPSA) is 0 Å². The Morgan fingerprint density at radius 3 is 2.28 bits per heavy atom. The number of benzene rings is 4. The molecule has 0 radical (unpaired) electrons.